The van der Waals surface area contributed by atoms with Crippen molar-refractivity contribution in [3.05, 3.63) is 95.6 Å². The van der Waals surface area contributed by atoms with Gasteiger partial charge in [-0.25, -0.2) is 4.39 Å². The molecule has 1 heterocycles. The van der Waals surface area contributed by atoms with E-state index < -0.39 is 0 Å². The molecule has 3 aromatic carbocycles. The molecular weight excluding hydrogens is 471 g/mol. The lowest BCUT2D eigenvalue weighted by Gasteiger charge is -2.11. The Morgan fingerprint density at radius 1 is 1.00 bits per heavy atom. The number of nitrogens with zero attached hydrogens (tertiary/aromatic N) is 2. The highest BCUT2D eigenvalue weighted by Gasteiger charge is 2.15. The standard InChI is InChI=1S/C25H21FN4O4S/c1-16-5-4-6-18(13-16)27-24(32)20-7-2-3-8-21(20)28-22(31)15-35-25-30-29-23(34-25)14-33-19-11-9-17(26)10-12-19/h2-13H,14-15H2,1H3,(H,27,32)(H,28,31). The number of hydrogen-bond donors (Lipinski definition) is 2. The molecule has 0 aliphatic rings. The molecule has 4 aromatic rings. The SMILES string of the molecule is Cc1cccc(NC(=O)c2ccccc2NC(=O)CSc2nnc(COc3ccc(F)cc3)o2)c1. The van der Waals surface area contributed by atoms with Crippen LogP contribution in [0.3, 0.4) is 0 Å². The second-order valence-electron chi connectivity index (χ2n) is 7.41. The van der Waals surface area contributed by atoms with Crippen LogP contribution >= 0.6 is 11.8 Å². The van der Waals surface area contributed by atoms with Gasteiger partial charge in [-0.3, -0.25) is 9.59 Å². The third-order valence-corrected chi connectivity index (χ3v) is 5.49. The predicted octanol–water partition coefficient (Wildman–Crippen LogP) is 5.08. The highest BCUT2D eigenvalue weighted by molar-refractivity contribution is 7.99. The molecule has 0 aliphatic carbocycles. The normalized spacial score (nSPS) is 10.6. The van der Waals surface area contributed by atoms with Crippen molar-refractivity contribution >= 4 is 35.0 Å². The third kappa shape index (κ3) is 6.90. The number of ether oxygens (including phenoxy) is 1. The summed E-state index contributed by atoms with van der Waals surface area (Å²) in [6.07, 6.45) is 0. The molecule has 8 nitrogen and oxygen atoms in total. The average Bonchev–Trinajstić information content (AvgIpc) is 3.31. The molecule has 0 aliphatic heterocycles. The van der Waals surface area contributed by atoms with Crippen LogP contribution in [-0.4, -0.2) is 27.8 Å². The maximum absolute atomic E-state index is 13.0. The lowest BCUT2D eigenvalue weighted by molar-refractivity contribution is -0.113. The minimum Gasteiger partial charge on any atom is -0.484 e. The van der Waals surface area contributed by atoms with E-state index in [-0.39, 0.29) is 41.1 Å². The first kappa shape index (κ1) is 24.0. The molecule has 178 valence electrons. The van der Waals surface area contributed by atoms with Gasteiger partial charge in [0.05, 0.1) is 17.0 Å². The fourth-order valence-corrected chi connectivity index (χ4v) is 3.64. The first-order chi connectivity index (χ1) is 17.0. The lowest BCUT2D eigenvalue weighted by Crippen LogP contribution is -2.19. The van der Waals surface area contributed by atoms with E-state index in [9.17, 15) is 14.0 Å². The number of halogens is 1. The van der Waals surface area contributed by atoms with Gasteiger partial charge in [0.1, 0.15) is 11.6 Å². The molecule has 35 heavy (non-hydrogen) atoms. The zero-order valence-electron chi connectivity index (χ0n) is 18.7. The molecular formula is C25H21FN4O4S. The highest BCUT2D eigenvalue weighted by atomic mass is 32.2. The lowest BCUT2D eigenvalue weighted by atomic mass is 10.1. The van der Waals surface area contributed by atoms with E-state index in [0.29, 0.717) is 22.7 Å². The van der Waals surface area contributed by atoms with Crippen LogP contribution in [-0.2, 0) is 11.4 Å². The zero-order chi connectivity index (χ0) is 24.6. The summed E-state index contributed by atoms with van der Waals surface area (Å²) >= 11 is 1.05. The van der Waals surface area contributed by atoms with Crippen molar-refractivity contribution in [3.8, 4) is 5.75 Å². The van der Waals surface area contributed by atoms with Crippen LogP contribution in [0, 0.1) is 12.7 Å². The van der Waals surface area contributed by atoms with Crippen LogP contribution in [0.25, 0.3) is 0 Å². The monoisotopic (exact) mass is 492 g/mol. The van der Waals surface area contributed by atoms with Crippen molar-refractivity contribution in [1.29, 1.82) is 0 Å². The molecule has 10 heteroatoms. The van der Waals surface area contributed by atoms with E-state index >= 15 is 0 Å². The summed E-state index contributed by atoms with van der Waals surface area (Å²) in [6.45, 7) is 1.95. The van der Waals surface area contributed by atoms with Crippen LogP contribution in [0.2, 0.25) is 0 Å². The molecule has 0 atom stereocenters. The summed E-state index contributed by atoms with van der Waals surface area (Å²) in [5.74, 6) is -0.357. The van der Waals surface area contributed by atoms with Crippen molar-refractivity contribution in [1.82, 2.24) is 10.2 Å². The molecule has 0 fully saturated rings. The summed E-state index contributed by atoms with van der Waals surface area (Å²) in [4.78, 5) is 25.3. The minimum atomic E-state index is -0.360. The molecule has 0 unspecified atom stereocenters. The third-order valence-electron chi connectivity index (χ3n) is 4.67. The summed E-state index contributed by atoms with van der Waals surface area (Å²) in [5, 5.41) is 13.5. The Balaban J connectivity index is 1.30. The van der Waals surface area contributed by atoms with Gasteiger partial charge in [-0.2, -0.15) is 0 Å². The summed E-state index contributed by atoms with van der Waals surface area (Å²) < 4.78 is 23.9. The first-order valence-corrected chi connectivity index (χ1v) is 11.6. The summed E-state index contributed by atoms with van der Waals surface area (Å²) in [7, 11) is 0. The van der Waals surface area contributed by atoms with E-state index in [0.717, 1.165) is 17.3 Å². The summed E-state index contributed by atoms with van der Waals surface area (Å²) in [6, 6.07) is 19.8. The topological polar surface area (TPSA) is 106 Å². The molecule has 0 spiro atoms. The number of benzene rings is 3. The fraction of sp³-hybridized carbons (Fsp3) is 0.120. The molecule has 0 saturated heterocycles. The molecule has 0 saturated carbocycles. The van der Waals surface area contributed by atoms with Gasteiger partial charge in [-0.1, -0.05) is 36.0 Å². The Kier molecular flexibility index (Phi) is 7.74. The van der Waals surface area contributed by atoms with Gasteiger partial charge >= 0.3 is 0 Å². The van der Waals surface area contributed by atoms with Crippen molar-refractivity contribution in [2.24, 2.45) is 0 Å². The number of nitrogens with one attached hydrogen (secondary N) is 2. The van der Waals surface area contributed by atoms with Crippen LogP contribution < -0.4 is 15.4 Å². The predicted molar refractivity (Wildman–Crippen MR) is 130 cm³/mol. The van der Waals surface area contributed by atoms with Gasteiger partial charge in [-0.05, 0) is 61.0 Å². The number of anilines is 2. The number of aryl methyl sites for hydroxylation is 1. The molecule has 1 aromatic heterocycles. The maximum Gasteiger partial charge on any atom is 0.277 e. The second-order valence-corrected chi connectivity index (χ2v) is 8.34. The van der Waals surface area contributed by atoms with Gasteiger partial charge < -0.3 is 19.8 Å². The van der Waals surface area contributed by atoms with E-state index in [1.54, 1.807) is 30.3 Å². The minimum absolute atomic E-state index is 0.00567. The molecule has 4 rings (SSSR count). The number of hydrogen-bond acceptors (Lipinski definition) is 7. The van der Waals surface area contributed by atoms with Crippen molar-refractivity contribution in [2.45, 2.75) is 18.8 Å². The average molecular weight is 493 g/mol. The van der Waals surface area contributed by atoms with Gasteiger partial charge in [-0.15, -0.1) is 10.2 Å². The maximum atomic E-state index is 13.0. The van der Waals surface area contributed by atoms with Crippen LogP contribution in [0.5, 0.6) is 5.75 Å². The van der Waals surface area contributed by atoms with Crippen LogP contribution in [0.4, 0.5) is 15.8 Å². The van der Waals surface area contributed by atoms with Crippen molar-refractivity contribution < 1.29 is 23.1 Å². The molecule has 2 amide bonds. The van der Waals surface area contributed by atoms with Crippen molar-refractivity contribution in [3.63, 3.8) is 0 Å². The largest absolute Gasteiger partial charge is 0.484 e. The van der Waals surface area contributed by atoms with E-state index in [2.05, 4.69) is 20.8 Å². The van der Waals surface area contributed by atoms with E-state index in [4.69, 9.17) is 9.15 Å². The van der Waals surface area contributed by atoms with Crippen LogP contribution in [0.15, 0.2) is 82.4 Å². The number of para-hydroxylation sites is 1. The number of rotatable bonds is 9. The number of carbonyl (C=O) groups excluding carboxylic acids is 2. The van der Waals surface area contributed by atoms with Crippen LogP contribution in [0.1, 0.15) is 21.8 Å². The number of thioether (sulfide) groups is 1. The molecule has 0 radical (unpaired) electrons. The quantitative estimate of drug-likeness (QED) is 0.314. The number of carbonyl (C=O) groups is 2. The van der Waals surface area contributed by atoms with Crippen molar-refractivity contribution in [2.75, 3.05) is 16.4 Å². The summed E-state index contributed by atoms with van der Waals surface area (Å²) in [5.41, 5.74) is 2.42. The smallest absolute Gasteiger partial charge is 0.277 e. The van der Waals surface area contributed by atoms with Gasteiger partial charge in [0, 0.05) is 5.69 Å². The number of aromatic nitrogens is 2. The van der Waals surface area contributed by atoms with E-state index in [1.165, 1.54) is 24.3 Å². The molecule has 2 N–H and O–H groups in total. The van der Waals surface area contributed by atoms with Gasteiger partial charge in [0.15, 0.2) is 6.61 Å². The fourth-order valence-electron chi connectivity index (χ4n) is 3.06. The Labute approximate surface area is 204 Å². The Bertz CT molecular complexity index is 1330. The highest BCUT2D eigenvalue weighted by Crippen LogP contribution is 2.21. The van der Waals surface area contributed by atoms with Gasteiger partial charge in [0.2, 0.25) is 5.91 Å². The number of amides is 2. The van der Waals surface area contributed by atoms with Gasteiger partial charge in [0.25, 0.3) is 17.0 Å². The second kappa shape index (κ2) is 11.3. The van der Waals surface area contributed by atoms with E-state index in [1.807, 2.05) is 25.1 Å². The Morgan fingerprint density at radius 3 is 2.60 bits per heavy atom. The first-order valence-electron chi connectivity index (χ1n) is 10.6. The molecule has 0 bridgehead atoms. The zero-order valence-corrected chi connectivity index (χ0v) is 19.5. The Hall–Kier alpha value is -4.18. The Morgan fingerprint density at radius 2 is 1.80 bits per heavy atom.